The Morgan fingerprint density at radius 1 is 1.00 bits per heavy atom. The Hall–Kier alpha value is -1.80. The number of hydrogen-bond acceptors (Lipinski definition) is 3. The third kappa shape index (κ3) is 4.12. The Morgan fingerprint density at radius 3 is 2.62 bits per heavy atom. The number of likely N-dealkylation sites (tertiary alicyclic amines) is 1. The molecule has 0 bridgehead atoms. The van der Waals surface area contributed by atoms with Crippen LogP contribution in [0.1, 0.15) is 30.4 Å². The first kappa shape index (κ1) is 17.6. The molecule has 4 rings (SSSR count). The summed E-state index contributed by atoms with van der Waals surface area (Å²) in [6.45, 7) is 8.00. The van der Waals surface area contributed by atoms with E-state index in [4.69, 9.17) is 4.74 Å². The van der Waals surface area contributed by atoms with Crippen molar-refractivity contribution in [3.8, 4) is 11.8 Å². The van der Waals surface area contributed by atoms with Crippen LogP contribution in [-0.4, -0.2) is 60.3 Å². The highest BCUT2D eigenvalue weighted by molar-refractivity contribution is 5.85. The van der Waals surface area contributed by atoms with Gasteiger partial charge in [-0.3, -0.25) is 9.80 Å². The quantitative estimate of drug-likeness (QED) is 0.794. The summed E-state index contributed by atoms with van der Waals surface area (Å²) < 4.78 is 7.64. The molecular weight excluding hydrogens is 322 g/mol. The van der Waals surface area contributed by atoms with Gasteiger partial charge < -0.3 is 9.30 Å². The number of hydrogen-bond donors (Lipinski definition) is 0. The highest BCUT2D eigenvalue weighted by Gasteiger charge is 2.14. The first-order valence-corrected chi connectivity index (χ1v) is 9.89. The summed E-state index contributed by atoms with van der Waals surface area (Å²) in [6, 6.07) is 6.65. The fourth-order valence-corrected chi connectivity index (χ4v) is 4.05. The van der Waals surface area contributed by atoms with Crippen molar-refractivity contribution in [1.29, 1.82) is 0 Å². The van der Waals surface area contributed by atoms with Gasteiger partial charge in [0.2, 0.25) is 0 Å². The van der Waals surface area contributed by atoms with Gasteiger partial charge >= 0.3 is 0 Å². The van der Waals surface area contributed by atoms with Crippen molar-refractivity contribution in [2.24, 2.45) is 7.05 Å². The molecule has 0 aliphatic carbocycles. The Morgan fingerprint density at radius 2 is 1.81 bits per heavy atom. The van der Waals surface area contributed by atoms with E-state index in [9.17, 15) is 0 Å². The van der Waals surface area contributed by atoms with E-state index in [2.05, 4.69) is 57.7 Å². The van der Waals surface area contributed by atoms with Gasteiger partial charge in [0.25, 0.3) is 0 Å². The van der Waals surface area contributed by atoms with E-state index in [-0.39, 0.29) is 0 Å². The van der Waals surface area contributed by atoms with Gasteiger partial charge in [-0.1, -0.05) is 18.3 Å². The summed E-state index contributed by atoms with van der Waals surface area (Å²) in [6.07, 6.45) is 6.35. The SMILES string of the molecule is Cn1cc(CN2CCCCC2)c2cc(C#CCN3CCOCC3)ccc21. The second-order valence-electron chi connectivity index (χ2n) is 7.52. The monoisotopic (exact) mass is 351 g/mol. The highest BCUT2D eigenvalue weighted by Crippen LogP contribution is 2.24. The van der Waals surface area contributed by atoms with E-state index in [1.165, 1.54) is 48.8 Å². The molecule has 2 saturated heterocycles. The summed E-state index contributed by atoms with van der Waals surface area (Å²) in [5.74, 6) is 6.72. The molecule has 3 heterocycles. The number of ether oxygens (including phenoxy) is 1. The lowest BCUT2D eigenvalue weighted by Crippen LogP contribution is -2.36. The molecule has 2 aliphatic heterocycles. The van der Waals surface area contributed by atoms with Crippen molar-refractivity contribution < 1.29 is 4.74 Å². The molecule has 0 N–H and O–H groups in total. The summed E-state index contributed by atoms with van der Waals surface area (Å²) >= 11 is 0. The molecule has 1 aromatic heterocycles. The molecule has 2 aromatic rings. The third-order valence-corrected chi connectivity index (χ3v) is 5.55. The van der Waals surface area contributed by atoms with Crippen LogP contribution in [0.3, 0.4) is 0 Å². The van der Waals surface area contributed by atoms with Crippen molar-refractivity contribution in [3.05, 3.63) is 35.5 Å². The molecule has 0 unspecified atom stereocenters. The lowest BCUT2D eigenvalue weighted by Gasteiger charge is -2.26. The smallest absolute Gasteiger partial charge is 0.0606 e. The van der Waals surface area contributed by atoms with Crippen LogP contribution in [0.2, 0.25) is 0 Å². The molecule has 26 heavy (non-hydrogen) atoms. The van der Waals surface area contributed by atoms with Crippen LogP contribution >= 0.6 is 0 Å². The van der Waals surface area contributed by atoms with Crippen LogP contribution < -0.4 is 0 Å². The van der Waals surface area contributed by atoms with Gasteiger partial charge in [0, 0.05) is 49.3 Å². The van der Waals surface area contributed by atoms with E-state index in [0.29, 0.717) is 0 Å². The standard InChI is InChI=1S/C22H29N3O/c1-23-17-20(18-25-9-3-2-4-10-25)21-16-19(7-8-22(21)23)6-5-11-24-12-14-26-15-13-24/h7-8,16-17H,2-4,9-15,18H2,1H3. The summed E-state index contributed by atoms with van der Waals surface area (Å²) in [7, 11) is 2.14. The average Bonchev–Trinajstić information content (AvgIpc) is 2.99. The van der Waals surface area contributed by atoms with E-state index >= 15 is 0 Å². The van der Waals surface area contributed by atoms with Crippen LogP contribution in [-0.2, 0) is 18.3 Å². The van der Waals surface area contributed by atoms with Crippen molar-refractivity contribution in [3.63, 3.8) is 0 Å². The average molecular weight is 351 g/mol. The topological polar surface area (TPSA) is 20.6 Å². The normalized spacial score (nSPS) is 19.4. The first-order chi connectivity index (χ1) is 12.8. The van der Waals surface area contributed by atoms with Gasteiger partial charge in [-0.25, -0.2) is 0 Å². The molecule has 0 amide bonds. The van der Waals surface area contributed by atoms with Crippen LogP contribution in [0.5, 0.6) is 0 Å². The maximum atomic E-state index is 5.39. The largest absolute Gasteiger partial charge is 0.379 e. The van der Waals surface area contributed by atoms with Crippen LogP contribution in [0.25, 0.3) is 10.9 Å². The molecule has 0 radical (unpaired) electrons. The summed E-state index contributed by atoms with van der Waals surface area (Å²) in [5, 5.41) is 1.36. The molecule has 4 heteroatoms. The second-order valence-corrected chi connectivity index (χ2v) is 7.52. The number of morpholine rings is 1. The Balaban J connectivity index is 1.50. The van der Waals surface area contributed by atoms with Gasteiger partial charge in [-0.2, -0.15) is 0 Å². The number of rotatable bonds is 3. The number of piperidine rings is 1. The second kappa shape index (κ2) is 8.26. The lowest BCUT2D eigenvalue weighted by atomic mass is 10.1. The van der Waals surface area contributed by atoms with Gasteiger partial charge in [-0.15, -0.1) is 0 Å². The molecule has 0 saturated carbocycles. The molecule has 2 aliphatic rings. The Bertz CT molecular complexity index is 802. The number of fused-ring (bicyclic) bond motifs is 1. The molecule has 0 spiro atoms. The van der Waals surface area contributed by atoms with E-state index < -0.39 is 0 Å². The summed E-state index contributed by atoms with van der Waals surface area (Å²) in [4.78, 5) is 4.95. The van der Waals surface area contributed by atoms with Crippen LogP contribution in [0, 0.1) is 11.8 Å². The van der Waals surface area contributed by atoms with E-state index in [1.807, 2.05) is 0 Å². The summed E-state index contributed by atoms with van der Waals surface area (Å²) in [5.41, 5.74) is 3.86. The fourth-order valence-electron chi connectivity index (χ4n) is 4.05. The predicted octanol–water partition coefficient (Wildman–Crippen LogP) is 2.85. The van der Waals surface area contributed by atoms with Crippen molar-refractivity contribution in [1.82, 2.24) is 14.4 Å². The van der Waals surface area contributed by atoms with E-state index in [1.54, 1.807) is 0 Å². The minimum atomic E-state index is 0.830. The number of aromatic nitrogens is 1. The van der Waals surface area contributed by atoms with Gasteiger partial charge in [0.05, 0.1) is 19.8 Å². The Kier molecular flexibility index (Phi) is 5.59. The van der Waals surface area contributed by atoms with Crippen LogP contribution in [0.15, 0.2) is 24.4 Å². The van der Waals surface area contributed by atoms with Crippen molar-refractivity contribution in [2.75, 3.05) is 45.9 Å². The minimum absolute atomic E-state index is 0.830. The fraction of sp³-hybridized carbons (Fsp3) is 0.545. The molecular formula is C22H29N3O. The third-order valence-electron chi connectivity index (χ3n) is 5.55. The predicted molar refractivity (Wildman–Crippen MR) is 106 cm³/mol. The zero-order valence-corrected chi connectivity index (χ0v) is 15.8. The highest BCUT2D eigenvalue weighted by atomic mass is 16.5. The minimum Gasteiger partial charge on any atom is -0.379 e. The Labute approximate surface area is 156 Å². The first-order valence-electron chi connectivity index (χ1n) is 9.89. The molecule has 4 nitrogen and oxygen atoms in total. The lowest BCUT2D eigenvalue weighted by molar-refractivity contribution is 0.0443. The zero-order valence-electron chi connectivity index (χ0n) is 15.8. The number of aryl methyl sites for hydroxylation is 1. The van der Waals surface area contributed by atoms with Crippen molar-refractivity contribution in [2.45, 2.75) is 25.8 Å². The number of nitrogens with zero attached hydrogens (tertiary/aromatic N) is 3. The van der Waals surface area contributed by atoms with Gasteiger partial charge in [0.15, 0.2) is 0 Å². The number of benzene rings is 1. The molecule has 0 atom stereocenters. The maximum Gasteiger partial charge on any atom is 0.0606 e. The molecule has 2 fully saturated rings. The zero-order chi connectivity index (χ0) is 17.8. The van der Waals surface area contributed by atoms with Crippen LogP contribution in [0.4, 0.5) is 0 Å². The molecule has 1 aromatic carbocycles. The van der Waals surface area contributed by atoms with E-state index in [0.717, 1.165) is 45.0 Å². The van der Waals surface area contributed by atoms with Crippen molar-refractivity contribution >= 4 is 10.9 Å². The van der Waals surface area contributed by atoms with Gasteiger partial charge in [0.1, 0.15) is 0 Å². The molecule has 138 valence electrons. The van der Waals surface area contributed by atoms with Gasteiger partial charge in [-0.05, 0) is 49.7 Å². The maximum absolute atomic E-state index is 5.39.